The lowest BCUT2D eigenvalue weighted by atomic mass is 9.92. The highest BCUT2D eigenvalue weighted by Crippen LogP contribution is 2.46. The highest BCUT2D eigenvalue weighted by molar-refractivity contribution is 7.62. The number of ether oxygens (including phenoxy) is 3. The van der Waals surface area contributed by atoms with Gasteiger partial charge < -0.3 is 28.4 Å². The second-order valence-corrected chi connectivity index (χ2v) is 13.7. The van der Waals surface area contributed by atoms with E-state index in [4.69, 9.17) is 23.3 Å². The van der Waals surface area contributed by atoms with E-state index in [-0.39, 0.29) is 12.2 Å². The normalized spacial score (nSPS) is 16.9. The van der Waals surface area contributed by atoms with Gasteiger partial charge in [0.05, 0.1) is 25.1 Å². The fourth-order valence-corrected chi connectivity index (χ4v) is 6.89. The topological polar surface area (TPSA) is 104 Å². The number of anilines is 1. The number of halogens is 1. The number of benzene rings is 4. The van der Waals surface area contributed by atoms with Gasteiger partial charge in [0, 0.05) is 25.5 Å². The number of unbranched alkanes of at least 4 members (excludes halogenated alkanes) is 1. The summed E-state index contributed by atoms with van der Waals surface area (Å²) in [5.74, 6) is 0.856. The number of methoxy groups -OCH3 is 1. The van der Waals surface area contributed by atoms with Crippen LogP contribution in [-0.4, -0.2) is 45.2 Å². The Morgan fingerprint density at radius 2 is 1.58 bits per heavy atom. The zero-order chi connectivity index (χ0) is 34.3. The third-order valence-electron chi connectivity index (χ3n) is 8.49. The Kier molecular flexibility index (Phi) is 11.5. The first-order valence-corrected chi connectivity index (χ1v) is 17.4. The molecule has 1 aliphatic rings. The molecule has 1 fully saturated rings. The van der Waals surface area contributed by atoms with E-state index in [0.717, 1.165) is 29.5 Å². The van der Waals surface area contributed by atoms with Crippen molar-refractivity contribution in [2.24, 2.45) is 0 Å². The van der Waals surface area contributed by atoms with Gasteiger partial charge in [0.1, 0.15) is 29.5 Å². The van der Waals surface area contributed by atoms with E-state index in [9.17, 15) is 18.9 Å². The number of aliphatic hydroxyl groups excluding tert-OH is 1. The molecule has 3 atom stereocenters. The number of aliphatic hydroxyl groups is 1. The number of nitrogens with zero attached hydrogens (tertiary/aromatic N) is 1. The van der Waals surface area contributed by atoms with Crippen LogP contribution in [0.15, 0.2) is 91.0 Å². The van der Waals surface area contributed by atoms with E-state index >= 15 is 0 Å². The van der Waals surface area contributed by atoms with Crippen LogP contribution in [0.3, 0.4) is 0 Å². The molecule has 5 rings (SSSR count). The molecule has 1 aliphatic heterocycles. The van der Waals surface area contributed by atoms with Gasteiger partial charge in [0.2, 0.25) is 0 Å². The van der Waals surface area contributed by atoms with Crippen molar-refractivity contribution in [3.05, 3.63) is 108 Å². The molecular formula is C37H41FNO8P. The summed E-state index contributed by atoms with van der Waals surface area (Å²) in [6, 6.07) is 25.2. The van der Waals surface area contributed by atoms with Crippen LogP contribution >= 0.6 is 7.60 Å². The van der Waals surface area contributed by atoms with Gasteiger partial charge in [-0.3, -0.25) is 9.46 Å². The molecule has 1 N–H and O–H groups in total. The number of carbonyl (C=O) groups excluding carboxylic acids is 1. The molecule has 1 heterocycles. The van der Waals surface area contributed by atoms with Gasteiger partial charge in [0.15, 0.2) is 0 Å². The molecule has 1 amide bonds. The van der Waals surface area contributed by atoms with Gasteiger partial charge in [-0.2, -0.15) is 0 Å². The standard InChI is InChI=1S/C37H41FNO8P/c1-5-6-23-46-35-24-27(25-9-18-31(19-10-25)48(42,44-3)45-4)11-20-32(35)36-34(22-21-33(40)26-7-12-28(38)13-8-26)47-37(41)39(36)29-14-16-30(43-2)17-15-29/h7-20,24,33-34,36,40H,5-6,21-23H2,1-4H3/t33-,34+,36+/m0/s1. The summed E-state index contributed by atoms with van der Waals surface area (Å²) in [5, 5.41) is 11.4. The van der Waals surface area contributed by atoms with Crippen molar-refractivity contribution in [3.8, 4) is 22.6 Å². The van der Waals surface area contributed by atoms with Crippen LogP contribution in [0.2, 0.25) is 0 Å². The first-order valence-electron chi connectivity index (χ1n) is 15.9. The fourth-order valence-electron chi connectivity index (χ4n) is 5.80. The van der Waals surface area contributed by atoms with E-state index < -0.39 is 31.9 Å². The van der Waals surface area contributed by atoms with Gasteiger partial charge in [-0.1, -0.05) is 49.7 Å². The Balaban J connectivity index is 1.53. The lowest BCUT2D eigenvalue weighted by Crippen LogP contribution is -2.30. The molecule has 9 nitrogen and oxygen atoms in total. The number of cyclic esters (lactones) is 1. The smallest absolute Gasteiger partial charge is 0.415 e. The maximum absolute atomic E-state index is 13.6. The number of hydrogen-bond acceptors (Lipinski definition) is 8. The Hall–Kier alpha value is -4.21. The first kappa shape index (κ1) is 35.1. The Morgan fingerprint density at radius 1 is 0.917 bits per heavy atom. The third kappa shape index (κ3) is 7.74. The Morgan fingerprint density at radius 3 is 2.21 bits per heavy atom. The third-order valence-corrected chi connectivity index (χ3v) is 10.4. The average molecular weight is 678 g/mol. The molecule has 48 heavy (non-hydrogen) atoms. The lowest BCUT2D eigenvalue weighted by Gasteiger charge is -2.28. The predicted octanol–water partition coefficient (Wildman–Crippen LogP) is 8.37. The quantitative estimate of drug-likeness (QED) is 0.0989. The summed E-state index contributed by atoms with van der Waals surface area (Å²) in [6.45, 7) is 2.55. The van der Waals surface area contributed by atoms with Crippen LogP contribution in [0.5, 0.6) is 11.5 Å². The zero-order valence-electron chi connectivity index (χ0n) is 27.5. The van der Waals surface area contributed by atoms with Gasteiger partial charge >= 0.3 is 13.7 Å². The first-order chi connectivity index (χ1) is 23.2. The summed E-state index contributed by atoms with van der Waals surface area (Å²) in [4.78, 5) is 15.2. The number of amides is 1. The monoisotopic (exact) mass is 677 g/mol. The van der Waals surface area contributed by atoms with Crippen LogP contribution in [-0.2, 0) is 18.3 Å². The SMILES string of the molecule is CCCCOc1cc(-c2ccc(P(=O)(OC)OC)cc2)ccc1[C@@H]1[C@@H](CC[C@H](O)c2ccc(F)cc2)OC(=O)N1c1ccc(OC)cc1. The molecule has 254 valence electrons. The molecule has 1 saturated heterocycles. The van der Waals surface area contributed by atoms with Crippen molar-refractivity contribution in [1.82, 2.24) is 0 Å². The minimum Gasteiger partial charge on any atom is -0.497 e. The average Bonchev–Trinajstić information content (AvgIpc) is 3.45. The number of rotatable bonds is 15. The highest BCUT2D eigenvalue weighted by Gasteiger charge is 2.45. The minimum atomic E-state index is -3.40. The van der Waals surface area contributed by atoms with Gasteiger partial charge in [-0.05, 0) is 90.6 Å². The molecule has 0 unspecified atom stereocenters. The second-order valence-electron chi connectivity index (χ2n) is 11.4. The molecule has 0 radical (unpaired) electrons. The maximum atomic E-state index is 13.6. The minimum absolute atomic E-state index is 0.278. The van der Waals surface area contributed by atoms with Crippen LogP contribution in [0.4, 0.5) is 14.9 Å². The predicted molar refractivity (Wildman–Crippen MR) is 183 cm³/mol. The van der Waals surface area contributed by atoms with Crippen LogP contribution in [0.1, 0.15) is 55.9 Å². The van der Waals surface area contributed by atoms with Gasteiger partial charge in [-0.25, -0.2) is 9.18 Å². The van der Waals surface area contributed by atoms with Gasteiger partial charge in [0.25, 0.3) is 0 Å². The van der Waals surface area contributed by atoms with E-state index in [0.29, 0.717) is 41.1 Å². The van der Waals surface area contributed by atoms with Crippen LogP contribution in [0.25, 0.3) is 11.1 Å². The van der Waals surface area contributed by atoms with Crippen LogP contribution in [0, 0.1) is 5.82 Å². The maximum Gasteiger partial charge on any atom is 0.415 e. The summed E-state index contributed by atoms with van der Waals surface area (Å²) in [5.41, 5.74) is 3.65. The number of hydrogen-bond donors (Lipinski definition) is 1. The molecule has 4 aromatic carbocycles. The van der Waals surface area contributed by atoms with E-state index in [2.05, 4.69) is 6.92 Å². The Bertz CT molecular complexity index is 1710. The van der Waals surface area contributed by atoms with Gasteiger partial charge in [-0.15, -0.1) is 0 Å². The van der Waals surface area contributed by atoms with Crippen molar-refractivity contribution < 1.29 is 42.1 Å². The van der Waals surface area contributed by atoms with Crippen molar-refractivity contribution in [1.29, 1.82) is 0 Å². The largest absolute Gasteiger partial charge is 0.497 e. The summed E-state index contributed by atoms with van der Waals surface area (Å²) >= 11 is 0. The zero-order valence-corrected chi connectivity index (χ0v) is 28.4. The summed E-state index contributed by atoms with van der Waals surface area (Å²) < 4.78 is 54.4. The molecule has 0 bridgehead atoms. The molecular weight excluding hydrogens is 636 g/mol. The van der Waals surface area contributed by atoms with Crippen molar-refractivity contribution in [3.63, 3.8) is 0 Å². The van der Waals surface area contributed by atoms with Crippen molar-refractivity contribution in [2.75, 3.05) is 32.8 Å². The van der Waals surface area contributed by atoms with E-state index in [1.807, 2.05) is 30.3 Å². The molecule has 0 saturated carbocycles. The Labute approximate surface area is 280 Å². The lowest BCUT2D eigenvalue weighted by molar-refractivity contribution is 0.100. The fraction of sp³-hybridized carbons (Fsp3) is 0.324. The second kappa shape index (κ2) is 15.8. The number of carbonyl (C=O) groups is 1. The molecule has 0 spiro atoms. The summed E-state index contributed by atoms with van der Waals surface area (Å²) in [6.07, 6.45) is 0.340. The van der Waals surface area contributed by atoms with Crippen LogP contribution < -0.4 is 19.7 Å². The van der Waals surface area contributed by atoms with Crippen molar-refractivity contribution >= 4 is 24.7 Å². The van der Waals surface area contributed by atoms with E-state index in [1.165, 1.54) is 26.4 Å². The molecule has 0 aliphatic carbocycles. The molecule has 11 heteroatoms. The highest BCUT2D eigenvalue weighted by atomic mass is 31.2. The van der Waals surface area contributed by atoms with E-state index in [1.54, 1.807) is 60.5 Å². The summed E-state index contributed by atoms with van der Waals surface area (Å²) in [7, 11) is 0.868. The van der Waals surface area contributed by atoms with Crippen molar-refractivity contribution in [2.45, 2.75) is 50.9 Å². The molecule has 4 aromatic rings. The molecule has 0 aromatic heterocycles.